The van der Waals surface area contributed by atoms with Crippen LogP contribution in [-0.2, 0) is 21.3 Å². The second kappa shape index (κ2) is 7.38. The lowest BCUT2D eigenvalue weighted by molar-refractivity contribution is 0.0526. The summed E-state index contributed by atoms with van der Waals surface area (Å²) in [6, 6.07) is 7.08. The van der Waals surface area contributed by atoms with Crippen molar-refractivity contribution in [2.45, 2.75) is 31.3 Å². The lowest BCUT2D eigenvalue weighted by Crippen LogP contribution is -2.35. The summed E-state index contributed by atoms with van der Waals surface area (Å²) in [6.45, 7) is 4.16. The molecule has 0 fully saturated rings. The molecule has 1 aromatic carbocycles. The molecule has 0 aliphatic heterocycles. The van der Waals surface area contributed by atoms with Crippen molar-refractivity contribution in [3.05, 3.63) is 48.3 Å². The average molecular weight is 337 g/mol. The first-order valence-corrected chi connectivity index (χ1v) is 8.67. The molecule has 0 aliphatic rings. The van der Waals surface area contributed by atoms with E-state index in [2.05, 4.69) is 9.82 Å². The van der Waals surface area contributed by atoms with Crippen molar-refractivity contribution in [3.63, 3.8) is 0 Å². The van der Waals surface area contributed by atoms with E-state index in [1.54, 1.807) is 37.0 Å². The van der Waals surface area contributed by atoms with Gasteiger partial charge in [0, 0.05) is 18.4 Å². The molecule has 124 valence electrons. The number of carbonyl (C=O) groups excluding carboxylic acids is 1. The number of sulfonamides is 1. The first-order chi connectivity index (χ1) is 10.9. The van der Waals surface area contributed by atoms with E-state index in [9.17, 15) is 13.2 Å². The molecule has 7 nitrogen and oxygen atoms in total. The fourth-order valence-corrected chi connectivity index (χ4v) is 3.28. The van der Waals surface area contributed by atoms with Crippen molar-refractivity contribution >= 4 is 16.0 Å². The second-order valence-electron chi connectivity index (χ2n) is 5.00. The average Bonchev–Trinajstić information content (AvgIpc) is 3.00. The van der Waals surface area contributed by atoms with E-state index < -0.39 is 16.0 Å². The highest BCUT2D eigenvalue weighted by atomic mass is 32.2. The van der Waals surface area contributed by atoms with Crippen LogP contribution in [0.25, 0.3) is 0 Å². The molecule has 1 N–H and O–H groups in total. The molecular weight excluding hydrogens is 318 g/mol. The predicted molar refractivity (Wildman–Crippen MR) is 84.4 cm³/mol. The van der Waals surface area contributed by atoms with Gasteiger partial charge >= 0.3 is 5.97 Å². The number of carbonyl (C=O) groups is 1. The zero-order chi connectivity index (χ0) is 16.9. The Labute approximate surface area is 135 Å². The Morgan fingerprint density at radius 3 is 2.61 bits per heavy atom. The van der Waals surface area contributed by atoms with Crippen LogP contribution in [0.15, 0.2) is 47.6 Å². The first kappa shape index (κ1) is 17.2. The van der Waals surface area contributed by atoms with Crippen LogP contribution >= 0.6 is 0 Å². The summed E-state index contributed by atoms with van der Waals surface area (Å²) in [4.78, 5) is 11.7. The lowest BCUT2D eigenvalue weighted by Gasteiger charge is -2.14. The summed E-state index contributed by atoms with van der Waals surface area (Å²) < 4.78 is 33.7. The van der Waals surface area contributed by atoms with Gasteiger partial charge < -0.3 is 4.74 Å². The number of aromatic nitrogens is 2. The SMILES string of the molecule is CCOC(=O)c1ccc(S(=O)(=O)N[C@H](C)Cn2cccn2)cc1. The number of benzene rings is 1. The zero-order valence-corrected chi connectivity index (χ0v) is 13.8. The number of esters is 1. The number of nitrogens with zero attached hydrogens (tertiary/aromatic N) is 2. The molecule has 2 aromatic rings. The minimum Gasteiger partial charge on any atom is -0.462 e. The third-order valence-corrected chi connectivity index (χ3v) is 4.66. The summed E-state index contributed by atoms with van der Waals surface area (Å²) in [6.07, 6.45) is 3.40. The topological polar surface area (TPSA) is 90.3 Å². The lowest BCUT2D eigenvalue weighted by atomic mass is 10.2. The minimum absolute atomic E-state index is 0.0952. The van der Waals surface area contributed by atoms with Crippen LogP contribution in [0.2, 0.25) is 0 Å². The van der Waals surface area contributed by atoms with Crippen LogP contribution in [0.4, 0.5) is 0 Å². The summed E-state index contributed by atoms with van der Waals surface area (Å²) in [5.41, 5.74) is 0.315. The Hall–Kier alpha value is -2.19. The molecule has 0 spiro atoms. The van der Waals surface area contributed by atoms with Gasteiger partial charge in [-0.2, -0.15) is 5.10 Å². The first-order valence-electron chi connectivity index (χ1n) is 7.19. The van der Waals surface area contributed by atoms with Crippen molar-refractivity contribution in [1.29, 1.82) is 0 Å². The largest absolute Gasteiger partial charge is 0.462 e. The van der Waals surface area contributed by atoms with Crippen LogP contribution < -0.4 is 4.72 Å². The van der Waals surface area contributed by atoms with Crippen LogP contribution in [0.1, 0.15) is 24.2 Å². The van der Waals surface area contributed by atoms with E-state index in [0.717, 1.165) is 0 Å². The summed E-state index contributed by atoms with van der Waals surface area (Å²) in [7, 11) is -3.66. The van der Waals surface area contributed by atoms with Gasteiger partial charge in [0.15, 0.2) is 0 Å². The van der Waals surface area contributed by atoms with Gasteiger partial charge in [-0.3, -0.25) is 4.68 Å². The van der Waals surface area contributed by atoms with Crippen LogP contribution in [-0.4, -0.2) is 36.8 Å². The quantitative estimate of drug-likeness (QED) is 0.772. The van der Waals surface area contributed by atoms with Crippen molar-refractivity contribution in [2.24, 2.45) is 0 Å². The maximum absolute atomic E-state index is 12.3. The van der Waals surface area contributed by atoms with Crippen molar-refractivity contribution in [3.8, 4) is 0 Å². The number of nitrogens with one attached hydrogen (secondary N) is 1. The van der Waals surface area contributed by atoms with Gasteiger partial charge in [0.1, 0.15) is 0 Å². The van der Waals surface area contributed by atoms with Crippen LogP contribution in [0.5, 0.6) is 0 Å². The van der Waals surface area contributed by atoms with Gasteiger partial charge in [0.05, 0.1) is 23.6 Å². The summed E-state index contributed by atoms with van der Waals surface area (Å²) >= 11 is 0. The molecule has 0 saturated heterocycles. The predicted octanol–water partition coefficient (Wildman–Crippen LogP) is 1.43. The van der Waals surface area contributed by atoms with Gasteiger partial charge in [-0.25, -0.2) is 17.9 Å². The number of hydrogen-bond donors (Lipinski definition) is 1. The molecule has 0 aliphatic carbocycles. The molecule has 0 amide bonds. The molecule has 1 aromatic heterocycles. The van der Waals surface area contributed by atoms with Crippen molar-refractivity contribution in [2.75, 3.05) is 6.61 Å². The molecular formula is C15H19N3O4S. The Kier molecular flexibility index (Phi) is 5.51. The van der Waals surface area contributed by atoms with E-state index >= 15 is 0 Å². The summed E-state index contributed by atoms with van der Waals surface area (Å²) in [5, 5.41) is 4.04. The van der Waals surface area contributed by atoms with Crippen LogP contribution in [0.3, 0.4) is 0 Å². The maximum Gasteiger partial charge on any atom is 0.338 e. The third-order valence-electron chi connectivity index (χ3n) is 3.05. The Morgan fingerprint density at radius 1 is 1.35 bits per heavy atom. The Bertz CT molecular complexity index is 740. The molecule has 1 heterocycles. The number of rotatable bonds is 7. The molecule has 23 heavy (non-hydrogen) atoms. The van der Waals surface area contributed by atoms with Gasteiger partial charge in [-0.05, 0) is 44.2 Å². The molecule has 1 atom stereocenters. The smallest absolute Gasteiger partial charge is 0.338 e. The molecule has 0 unspecified atom stereocenters. The fraction of sp³-hybridized carbons (Fsp3) is 0.333. The molecule has 0 saturated carbocycles. The zero-order valence-electron chi connectivity index (χ0n) is 13.0. The Balaban J connectivity index is 2.05. The van der Waals surface area contributed by atoms with E-state index in [1.165, 1.54) is 24.3 Å². The van der Waals surface area contributed by atoms with E-state index in [4.69, 9.17) is 4.74 Å². The van der Waals surface area contributed by atoms with E-state index in [1.807, 2.05) is 0 Å². The van der Waals surface area contributed by atoms with Gasteiger partial charge in [-0.15, -0.1) is 0 Å². The van der Waals surface area contributed by atoms with E-state index in [0.29, 0.717) is 12.1 Å². The second-order valence-corrected chi connectivity index (χ2v) is 6.71. The number of ether oxygens (including phenoxy) is 1. The van der Waals surface area contributed by atoms with Crippen LogP contribution in [0, 0.1) is 0 Å². The van der Waals surface area contributed by atoms with Gasteiger partial charge in [0.2, 0.25) is 10.0 Å². The molecule has 8 heteroatoms. The monoisotopic (exact) mass is 337 g/mol. The standard InChI is InChI=1S/C15H19N3O4S/c1-3-22-15(19)13-5-7-14(8-6-13)23(20,21)17-12(2)11-18-10-4-9-16-18/h4-10,12,17H,3,11H2,1-2H3/t12-/m1/s1. The maximum atomic E-state index is 12.3. The number of hydrogen-bond acceptors (Lipinski definition) is 5. The minimum atomic E-state index is -3.66. The molecule has 2 rings (SSSR count). The highest BCUT2D eigenvalue weighted by Gasteiger charge is 2.18. The van der Waals surface area contributed by atoms with Gasteiger partial charge in [-0.1, -0.05) is 0 Å². The normalized spacial score (nSPS) is 12.8. The summed E-state index contributed by atoms with van der Waals surface area (Å²) in [5.74, 6) is -0.476. The molecule has 0 bridgehead atoms. The molecule has 0 radical (unpaired) electrons. The van der Waals surface area contributed by atoms with E-state index in [-0.39, 0.29) is 17.5 Å². The highest BCUT2D eigenvalue weighted by Crippen LogP contribution is 2.12. The third kappa shape index (κ3) is 4.64. The Morgan fingerprint density at radius 2 is 2.04 bits per heavy atom. The van der Waals surface area contributed by atoms with Crippen molar-refractivity contribution < 1.29 is 17.9 Å². The fourth-order valence-electron chi connectivity index (χ4n) is 2.04. The van der Waals surface area contributed by atoms with Gasteiger partial charge in [0.25, 0.3) is 0 Å². The highest BCUT2D eigenvalue weighted by molar-refractivity contribution is 7.89. The van der Waals surface area contributed by atoms with Crippen molar-refractivity contribution in [1.82, 2.24) is 14.5 Å².